The van der Waals surface area contributed by atoms with Crippen molar-refractivity contribution in [3.05, 3.63) is 53.7 Å². The van der Waals surface area contributed by atoms with Crippen LogP contribution in [0.2, 0.25) is 0 Å². The molecule has 0 aliphatic heterocycles. The number of pyridine rings is 1. The zero-order valence-electron chi connectivity index (χ0n) is 11.9. The zero-order chi connectivity index (χ0) is 14.0. The van der Waals surface area contributed by atoms with Gasteiger partial charge in [0, 0.05) is 17.3 Å². The number of benzene rings is 1. The van der Waals surface area contributed by atoms with Crippen molar-refractivity contribution in [1.82, 2.24) is 4.98 Å². The first kappa shape index (κ1) is 13.5. The second kappa shape index (κ2) is 4.96. The zero-order valence-corrected chi connectivity index (χ0v) is 11.9. The summed E-state index contributed by atoms with van der Waals surface area (Å²) in [5.41, 5.74) is 3.80. The number of carbonyl (C=O) groups is 1. The molecule has 0 amide bonds. The van der Waals surface area contributed by atoms with Crippen LogP contribution in [0.3, 0.4) is 0 Å². The van der Waals surface area contributed by atoms with Crippen molar-refractivity contribution in [2.24, 2.45) is 0 Å². The standard InChI is InChI=1S/C17H19NO/c1-12(19)13-9-14(16-7-5-6-8-18-16)11-15(10-13)17(2,3)4/h5-11H,1-4H3. The van der Waals surface area contributed by atoms with Crippen LogP contribution in [0.4, 0.5) is 0 Å². The van der Waals surface area contributed by atoms with Crippen molar-refractivity contribution < 1.29 is 4.79 Å². The SMILES string of the molecule is CC(=O)c1cc(-c2ccccn2)cc(C(C)(C)C)c1. The minimum Gasteiger partial charge on any atom is -0.295 e. The summed E-state index contributed by atoms with van der Waals surface area (Å²) in [5.74, 6) is 0.0864. The highest BCUT2D eigenvalue weighted by molar-refractivity contribution is 5.95. The highest BCUT2D eigenvalue weighted by Gasteiger charge is 2.17. The lowest BCUT2D eigenvalue weighted by molar-refractivity contribution is 0.101. The first-order valence-corrected chi connectivity index (χ1v) is 6.46. The van der Waals surface area contributed by atoms with Gasteiger partial charge in [-0.1, -0.05) is 26.8 Å². The fraction of sp³-hybridized carbons (Fsp3) is 0.294. The fourth-order valence-electron chi connectivity index (χ4n) is 1.95. The predicted molar refractivity (Wildman–Crippen MR) is 78.4 cm³/mol. The Labute approximate surface area is 114 Å². The van der Waals surface area contributed by atoms with E-state index < -0.39 is 0 Å². The van der Waals surface area contributed by atoms with Crippen LogP contribution in [-0.4, -0.2) is 10.8 Å². The maximum absolute atomic E-state index is 11.7. The molecule has 0 N–H and O–H groups in total. The van der Waals surface area contributed by atoms with Crippen molar-refractivity contribution in [1.29, 1.82) is 0 Å². The van der Waals surface area contributed by atoms with Crippen LogP contribution in [0.5, 0.6) is 0 Å². The van der Waals surface area contributed by atoms with E-state index in [4.69, 9.17) is 0 Å². The number of hydrogen-bond donors (Lipinski definition) is 0. The van der Waals surface area contributed by atoms with Gasteiger partial charge in [0.05, 0.1) is 5.69 Å². The van der Waals surface area contributed by atoms with E-state index in [1.807, 2.05) is 30.3 Å². The topological polar surface area (TPSA) is 30.0 Å². The molecule has 0 aliphatic rings. The number of hydrogen-bond acceptors (Lipinski definition) is 2. The van der Waals surface area contributed by atoms with Crippen molar-refractivity contribution in [3.63, 3.8) is 0 Å². The van der Waals surface area contributed by atoms with Crippen LogP contribution in [0, 0.1) is 0 Å². The quantitative estimate of drug-likeness (QED) is 0.749. The Balaban J connectivity index is 2.62. The third kappa shape index (κ3) is 3.08. The lowest BCUT2D eigenvalue weighted by Crippen LogP contribution is -2.12. The highest BCUT2D eigenvalue weighted by atomic mass is 16.1. The smallest absolute Gasteiger partial charge is 0.159 e. The monoisotopic (exact) mass is 253 g/mol. The van der Waals surface area contributed by atoms with Crippen LogP contribution < -0.4 is 0 Å². The van der Waals surface area contributed by atoms with Gasteiger partial charge in [-0.05, 0) is 48.2 Å². The number of Topliss-reactive ketones (excluding diaryl/α,β-unsaturated/α-hetero) is 1. The van der Waals surface area contributed by atoms with Gasteiger partial charge in [-0.3, -0.25) is 9.78 Å². The van der Waals surface area contributed by atoms with Crippen LogP contribution in [0.1, 0.15) is 43.6 Å². The van der Waals surface area contributed by atoms with Crippen LogP contribution in [-0.2, 0) is 5.41 Å². The molecule has 2 heteroatoms. The molecule has 0 saturated heterocycles. The fourth-order valence-corrected chi connectivity index (χ4v) is 1.95. The molecular weight excluding hydrogens is 234 g/mol. The molecule has 1 aromatic heterocycles. The van der Waals surface area contributed by atoms with E-state index in [0.717, 1.165) is 22.4 Å². The molecular formula is C17H19NO. The molecule has 2 aromatic rings. The van der Waals surface area contributed by atoms with Crippen molar-refractivity contribution in [2.45, 2.75) is 33.1 Å². The maximum Gasteiger partial charge on any atom is 0.159 e. The average molecular weight is 253 g/mol. The van der Waals surface area contributed by atoms with Crippen LogP contribution in [0.15, 0.2) is 42.6 Å². The average Bonchev–Trinajstić information content (AvgIpc) is 2.38. The molecule has 0 aliphatic carbocycles. The molecule has 0 spiro atoms. The van der Waals surface area contributed by atoms with E-state index in [2.05, 4.69) is 31.8 Å². The Bertz CT molecular complexity index is 594. The molecule has 0 fully saturated rings. The molecule has 19 heavy (non-hydrogen) atoms. The molecule has 1 heterocycles. The van der Waals surface area contributed by atoms with E-state index in [1.54, 1.807) is 13.1 Å². The molecule has 0 saturated carbocycles. The summed E-state index contributed by atoms with van der Waals surface area (Å²) in [7, 11) is 0. The molecule has 98 valence electrons. The maximum atomic E-state index is 11.7. The van der Waals surface area contributed by atoms with Gasteiger partial charge in [0.25, 0.3) is 0 Å². The van der Waals surface area contributed by atoms with Gasteiger partial charge in [0.1, 0.15) is 0 Å². The number of carbonyl (C=O) groups excluding carboxylic acids is 1. The van der Waals surface area contributed by atoms with Crippen LogP contribution in [0.25, 0.3) is 11.3 Å². The van der Waals surface area contributed by atoms with Crippen molar-refractivity contribution in [3.8, 4) is 11.3 Å². The second-order valence-corrected chi connectivity index (χ2v) is 5.82. The Morgan fingerprint density at radius 2 is 1.84 bits per heavy atom. The predicted octanol–water partition coefficient (Wildman–Crippen LogP) is 4.25. The number of aromatic nitrogens is 1. The number of ketones is 1. The normalized spacial score (nSPS) is 11.4. The van der Waals surface area contributed by atoms with Gasteiger partial charge in [-0.2, -0.15) is 0 Å². The summed E-state index contributed by atoms with van der Waals surface area (Å²) < 4.78 is 0. The minimum atomic E-state index is 0.00892. The number of nitrogens with zero attached hydrogens (tertiary/aromatic N) is 1. The minimum absolute atomic E-state index is 0.00892. The molecule has 0 bridgehead atoms. The van der Waals surface area contributed by atoms with Crippen LogP contribution >= 0.6 is 0 Å². The second-order valence-electron chi connectivity index (χ2n) is 5.82. The molecule has 2 rings (SSSR count). The Morgan fingerprint density at radius 1 is 1.11 bits per heavy atom. The van der Waals surface area contributed by atoms with Gasteiger partial charge < -0.3 is 0 Å². The first-order chi connectivity index (χ1) is 8.88. The van der Waals surface area contributed by atoms with E-state index in [-0.39, 0.29) is 11.2 Å². The molecule has 2 nitrogen and oxygen atoms in total. The lowest BCUT2D eigenvalue weighted by Gasteiger charge is -2.21. The van der Waals surface area contributed by atoms with E-state index in [0.29, 0.717) is 0 Å². The highest BCUT2D eigenvalue weighted by Crippen LogP contribution is 2.28. The molecule has 1 aromatic carbocycles. The van der Waals surface area contributed by atoms with Gasteiger partial charge in [-0.25, -0.2) is 0 Å². The van der Waals surface area contributed by atoms with Gasteiger partial charge >= 0.3 is 0 Å². The first-order valence-electron chi connectivity index (χ1n) is 6.46. The lowest BCUT2D eigenvalue weighted by atomic mass is 9.84. The summed E-state index contributed by atoms with van der Waals surface area (Å²) in [5, 5.41) is 0. The van der Waals surface area contributed by atoms with Gasteiger partial charge in [0.15, 0.2) is 5.78 Å². The van der Waals surface area contributed by atoms with Gasteiger partial charge in [-0.15, -0.1) is 0 Å². The summed E-state index contributed by atoms with van der Waals surface area (Å²) >= 11 is 0. The Kier molecular flexibility index (Phi) is 3.52. The van der Waals surface area contributed by atoms with E-state index >= 15 is 0 Å². The Hall–Kier alpha value is -1.96. The summed E-state index contributed by atoms with van der Waals surface area (Å²) in [6, 6.07) is 11.8. The van der Waals surface area contributed by atoms with Crippen molar-refractivity contribution >= 4 is 5.78 Å². The Morgan fingerprint density at radius 3 is 2.37 bits per heavy atom. The van der Waals surface area contributed by atoms with E-state index in [1.165, 1.54) is 0 Å². The summed E-state index contributed by atoms with van der Waals surface area (Å²) in [6.45, 7) is 8.04. The summed E-state index contributed by atoms with van der Waals surface area (Å²) in [6.07, 6.45) is 1.77. The molecule has 0 atom stereocenters. The van der Waals surface area contributed by atoms with Gasteiger partial charge in [0.2, 0.25) is 0 Å². The third-order valence-corrected chi connectivity index (χ3v) is 3.17. The summed E-state index contributed by atoms with van der Waals surface area (Å²) in [4.78, 5) is 16.0. The van der Waals surface area contributed by atoms with E-state index in [9.17, 15) is 4.79 Å². The molecule has 0 radical (unpaired) electrons. The number of rotatable bonds is 2. The third-order valence-electron chi connectivity index (χ3n) is 3.17. The largest absolute Gasteiger partial charge is 0.295 e. The van der Waals surface area contributed by atoms with Crippen molar-refractivity contribution in [2.75, 3.05) is 0 Å². The molecule has 0 unspecified atom stereocenters.